The monoisotopic (exact) mass is 414 g/mol. The number of benzene rings is 3. The Kier molecular flexibility index (Phi) is 4.63. The van der Waals surface area contributed by atoms with E-state index in [0.717, 1.165) is 18.0 Å². The molecule has 152 valence electrons. The summed E-state index contributed by atoms with van der Waals surface area (Å²) in [7, 11) is 2.24. The van der Waals surface area contributed by atoms with Crippen LogP contribution >= 0.6 is 11.6 Å². The molecular weight excluding hydrogens is 388 g/mol. The number of likely N-dealkylation sites (N-methyl/N-ethyl adjacent to an activating group) is 1. The zero-order chi connectivity index (χ0) is 21.0. The Morgan fingerprint density at radius 3 is 2.37 bits per heavy atom. The predicted molar refractivity (Wildman–Crippen MR) is 129 cm³/mol. The largest absolute Gasteiger partial charge is 0.370 e. The third-order valence-electron chi connectivity index (χ3n) is 6.64. The maximum Gasteiger partial charge on any atom is 0.0764 e. The first-order valence-corrected chi connectivity index (χ1v) is 11.1. The van der Waals surface area contributed by atoms with Gasteiger partial charge in [0.15, 0.2) is 0 Å². The van der Waals surface area contributed by atoms with E-state index in [0.29, 0.717) is 6.04 Å². The van der Waals surface area contributed by atoms with Gasteiger partial charge in [-0.3, -0.25) is 0 Å². The van der Waals surface area contributed by atoms with E-state index in [1.54, 1.807) is 0 Å². The van der Waals surface area contributed by atoms with Crippen molar-refractivity contribution in [2.75, 3.05) is 18.5 Å². The van der Waals surface area contributed by atoms with Gasteiger partial charge >= 0.3 is 0 Å². The molecule has 30 heavy (non-hydrogen) atoms. The van der Waals surface area contributed by atoms with Crippen LogP contribution in [0.15, 0.2) is 60.7 Å². The van der Waals surface area contributed by atoms with Crippen molar-refractivity contribution < 1.29 is 0 Å². The lowest BCUT2D eigenvalue weighted by molar-refractivity contribution is 0.569. The van der Waals surface area contributed by atoms with Gasteiger partial charge in [0.25, 0.3) is 0 Å². The fourth-order valence-corrected chi connectivity index (χ4v) is 5.50. The number of halogens is 1. The van der Waals surface area contributed by atoms with Crippen LogP contribution < -0.4 is 4.90 Å². The van der Waals surface area contributed by atoms with E-state index < -0.39 is 0 Å². The summed E-state index contributed by atoms with van der Waals surface area (Å²) >= 11 is 6.20. The first-order valence-electron chi connectivity index (χ1n) is 10.7. The molecule has 1 unspecified atom stereocenters. The molecule has 0 radical (unpaired) electrons. The van der Waals surface area contributed by atoms with Gasteiger partial charge in [-0.15, -0.1) is 0 Å². The SMILES string of the molecule is CCc1c(C)c2c3c(cc(C)n3C(c3ccccc3)CN2C)c1-c1ccc(Cl)cc1. The molecule has 0 N–H and O–H groups in total. The summed E-state index contributed by atoms with van der Waals surface area (Å²) in [5.74, 6) is 0. The van der Waals surface area contributed by atoms with Crippen LogP contribution in [0.1, 0.15) is 35.3 Å². The van der Waals surface area contributed by atoms with Crippen LogP contribution in [0.4, 0.5) is 5.69 Å². The molecule has 0 amide bonds. The maximum atomic E-state index is 6.20. The van der Waals surface area contributed by atoms with Crippen molar-refractivity contribution in [1.82, 2.24) is 4.57 Å². The number of hydrogen-bond donors (Lipinski definition) is 0. The van der Waals surface area contributed by atoms with Crippen molar-refractivity contribution in [3.05, 3.63) is 88.1 Å². The topological polar surface area (TPSA) is 8.17 Å². The number of aromatic nitrogens is 1. The van der Waals surface area contributed by atoms with Gasteiger partial charge in [-0.2, -0.15) is 0 Å². The summed E-state index contributed by atoms with van der Waals surface area (Å²) in [6.45, 7) is 7.78. The number of rotatable bonds is 3. The number of aryl methyl sites for hydroxylation is 1. The van der Waals surface area contributed by atoms with Crippen LogP contribution in [0.3, 0.4) is 0 Å². The number of anilines is 1. The van der Waals surface area contributed by atoms with Gasteiger partial charge in [-0.25, -0.2) is 0 Å². The number of nitrogens with zero attached hydrogens (tertiary/aromatic N) is 2. The first kappa shape index (κ1) is 19.3. The lowest BCUT2D eigenvalue weighted by atomic mass is 9.88. The van der Waals surface area contributed by atoms with Crippen LogP contribution in [0, 0.1) is 13.8 Å². The Morgan fingerprint density at radius 2 is 1.70 bits per heavy atom. The highest BCUT2D eigenvalue weighted by Crippen LogP contribution is 2.47. The Balaban J connectivity index is 1.88. The van der Waals surface area contributed by atoms with Crippen molar-refractivity contribution >= 4 is 28.2 Å². The number of hydrogen-bond acceptors (Lipinski definition) is 1. The molecule has 0 saturated heterocycles. The second kappa shape index (κ2) is 7.21. The van der Waals surface area contributed by atoms with Gasteiger partial charge in [-0.05, 0) is 66.3 Å². The minimum Gasteiger partial charge on any atom is -0.370 e. The van der Waals surface area contributed by atoms with Gasteiger partial charge < -0.3 is 9.47 Å². The molecule has 0 fully saturated rings. The van der Waals surface area contributed by atoms with E-state index in [9.17, 15) is 0 Å². The highest BCUT2D eigenvalue weighted by molar-refractivity contribution is 6.30. The van der Waals surface area contributed by atoms with Crippen molar-refractivity contribution in [3.63, 3.8) is 0 Å². The summed E-state index contributed by atoms with van der Waals surface area (Å²) in [4.78, 5) is 2.46. The van der Waals surface area contributed by atoms with Gasteiger partial charge in [0.1, 0.15) is 0 Å². The Morgan fingerprint density at radius 1 is 1.00 bits per heavy atom. The molecule has 2 nitrogen and oxygen atoms in total. The fraction of sp³-hybridized carbons (Fsp3) is 0.259. The molecule has 2 heterocycles. The van der Waals surface area contributed by atoms with Crippen molar-refractivity contribution in [1.29, 1.82) is 0 Å². The van der Waals surface area contributed by atoms with Crippen molar-refractivity contribution in [2.24, 2.45) is 0 Å². The zero-order valence-corrected chi connectivity index (χ0v) is 18.8. The molecule has 3 heteroatoms. The Hall–Kier alpha value is -2.71. The van der Waals surface area contributed by atoms with Gasteiger partial charge in [0.2, 0.25) is 0 Å². The molecule has 5 rings (SSSR count). The second-order valence-electron chi connectivity index (χ2n) is 8.41. The Bertz CT molecular complexity index is 1240. The van der Waals surface area contributed by atoms with E-state index in [-0.39, 0.29) is 0 Å². The average molecular weight is 415 g/mol. The minimum absolute atomic E-state index is 0.311. The quantitative estimate of drug-likeness (QED) is 0.344. The third kappa shape index (κ3) is 2.78. The summed E-state index contributed by atoms with van der Waals surface area (Å²) in [5, 5.41) is 2.12. The zero-order valence-electron chi connectivity index (χ0n) is 18.0. The summed E-state index contributed by atoms with van der Waals surface area (Å²) in [5.41, 5.74) is 10.8. The summed E-state index contributed by atoms with van der Waals surface area (Å²) in [6.07, 6.45) is 1.01. The highest BCUT2D eigenvalue weighted by Gasteiger charge is 2.31. The molecule has 0 bridgehead atoms. The molecule has 1 aliphatic rings. The second-order valence-corrected chi connectivity index (χ2v) is 8.85. The van der Waals surface area contributed by atoms with E-state index in [4.69, 9.17) is 11.6 Å². The van der Waals surface area contributed by atoms with E-state index in [1.165, 1.54) is 50.1 Å². The van der Waals surface area contributed by atoms with Crippen molar-refractivity contribution in [3.8, 4) is 11.1 Å². The lowest BCUT2D eigenvalue weighted by Crippen LogP contribution is -2.34. The normalized spacial score (nSPS) is 15.8. The molecule has 3 aromatic carbocycles. The van der Waals surface area contributed by atoms with E-state index >= 15 is 0 Å². The van der Waals surface area contributed by atoms with Gasteiger partial charge in [-0.1, -0.05) is 61.0 Å². The van der Waals surface area contributed by atoms with Crippen LogP contribution in [-0.4, -0.2) is 18.2 Å². The molecule has 1 aliphatic heterocycles. The molecule has 4 aromatic rings. The Labute approximate surface area is 183 Å². The summed E-state index contributed by atoms with van der Waals surface area (Å²) in [6, 6.07) is 21.9. The first-order chi connectivity index (χ1) is 14.5. The maximum absolute atomic E-state index is 6.20. The van der Waals surface area contributed by atoms with Gasteiger partial charge in [0.05, 0.1) is 17.2 Å². The van der Waals surface area contributed by atoms with E-state index in [1.807, 2.05) is 12.1 Å². The standard InChI is InChI=1S/C27H27ClN2/c1-5-22-18(3)26-27-23(25(22)20-11-13-21(28)14-12-20)15-17(2)30(27)24(16-29(26)4)19-9-7-6-8-10-19/h6-15,24H,5,16H2,1-4H3. The van der Waals surface area contributed by atoms with Crippen molar-refractivity contribution in [2.45, 2.75) is 33.2 Å². The molecule has 0 aliphatic carbocycles. The van der Waals surface area contributed by atoms with Crippen LogP contribution in [0.2, 0.25) is 5.02 Å². The predicted octanol–water partition coefficient (Wildman–Crippen LogP) is 7.18. The minimum atomic E-state index is 0.311. The lowest BCUT2D eigenvalue weighted by Gasteiger charge is -2.37. The summed E-state index contributed by atoms with van der Waals surface area (Å²) < 4.78 is 2.56. The van der Waals surface area contributed by atoms with Crippen LogP contribution in [0.5, 0.6) is 0 Å². The average Bonchev–Trinajstić information content (AvgIpc) is 3.09. The highest BCUT2D eigenvalue weighted by atomic mass is 35.5. The molecule has 0 spiro atoms. The van der Waals surface area contributed by atoms with Crippen LogP contribution in [-0.2, 0) is 6.42 Å². The van der Waals surface area contributed by atoms with Crippen LogP contribution in [0.25, 0.3) is 22.0 Å². The van der Waals surface area contributed by atoms with Gasteiger partial charge in [0, 0.05) is 29.7 Å². The molecule has 0 saturated carbocycles. The fourth-order valence-electron chi connectivity index (χ4n) is 5.37. The smallest absolute Gasteiger partial charge is 0.0764 e. The molecule has 1 aromatic heterocycles. The third-order valence-corrected chi connectivity index (χ3v) is 6.90. The molecule has 1 atom stereocenters. The molecular formula is C27H27ClN2. The van der Waals surface area contributed by atoms with E-state index in [2.05, 4.69) is 85.8 Å².